The molecular formula is C38H43N7O4. The maximum Gasteiger partial charge on any atom is 0.407 e. The largest absolute Gasteiger partial charge is 0.476 e. The summed E-state index contributed by atoms with van der Waals surface area (Å²) in [4.78, 5) is 36.2. The van der Waals surface area contributed by atoms with E-state index in [1.54, 1.807) is 24.5 Å². The minimum Gasteiger partial charge on any atom is -0.476 e. The number of pyridine rings is 2. The van der Waals surface area contributed by atoms with Crippen LogP contribution in [-0.2, 0) is 11.3 Å². The van der Waals surface area contributed by atoms with Gasteiger partial charge in [-0.05, 0) is 87.9 Å². The van der Waals surface area contributed by atoms with Gasteiger partial charge in [-0.15, -0.1) is 0 Å². The highest BCUT2D eigenvalue weighted by Gasteiger charge is 2.30. The fourth-order valence-electron chi connectivity index (χ4n) is 5.66. The van der Waals surface area contributed by atoms with Crippen molar-refractivity contribution in [2.45, 2.75) is 70.7 Å². The van der Waals surface area contributed by atoms with Crippen molar-refractivity contribution in [3.63, 3.8) is 0 Å². The lowest BCUT2D eigenvalue weighted by atomic mass is 9.89. The maximum absolute atomic E-state index is 13.8. The van der Waals surface area contributed by atoms with E-state index >= 15 is 0 Å². The number of urea groups is 1. The van der Waals surface area contributed by atoms with Gasteiger partial charge in [0.15, 0.2) is 0 Å². The average molecular weight is 662 g/mol. The number of benzene rings is 2. The summed E-state index contributed by atoms with van der Waals surface area (Å²) < 4.78 is 10.9. The standard InChI is InChI=1S/C38H43N7O4/c1-38(2,3)49-37(47)40-21-22-48-35-20-12-30(26-42-35)29-10-15-32(16-11-29)45(36(46)43-24-27-7-5-4-6-8-27)33-17-13-31(14-18-33)44-34-19-9-28(23-39)25-41-34/h4-12,15-16,19-20,25-26,31,33H,13-14,17-18,21-22,24H2,1-3H3,(H,40,47)(H,41,44)(H,43,46). The monoisotopic (exact) mass is 661 g/mol. The number of ether oxygens (including phenoxy) is 2. The number of rotatable bonds is 11. The first-order valence-corrected chi connectivity index (χ1v) is 16.6. The van der Waals surface area contributed by atoms with Crippen LogP contribution in [0.3, 0.4) is 0 Å². The summed E-state index contributed by atoms with van der Waals surface area (Å²) in [7, 11) is 0. The topological polar surface area (TPSA) is 142 Å². The molecule has 1 fully saturated rings. The van der Waals surface area contributed by atoms with Crippen LogP contribution in [-0.4, -0.2) is 52.9 Å². The number of hydrogen-bond acceptors (Lipinski definition) is 8. The Hall–Kier alpha value is -5.63. The van der Waals surface area contributed by atoms with Crippen molar-refractivity contribution < 1.29 is 19.1 Å². The number of carbonyl (C=O) groups excluding carboxylic acids is 2. The highest BCUT2D eigenvalue weighted by atomic mass is 16.6. The molecule has 2 heterocycles. The molecule has 2 aromatic carbocycles. The van der Waals surface area contributed by atoms with Crippen LogP contribution in [0.1, 0.15) is 57.6 Å². The van der Waals surface area contributed by atoms with Crippen molar-refractivity contribution in [2.75, 3.05) is 23.4 Å². The van der Waals surface area contributed by atoms with E-state index in [0.29, 0.717) is 24.5 Å². The fourth-order valence-corrected chi connectivity index (χ4v) is 5.66. The van der Waals surface area contributed by atoms with E-state index in [4.69, 9.17) is 14.7 Å². The smallest absolute Gasteiger partial charge is 0.407 e. The number of anilines is 2. The second-order valence-corrected chi connectivity index (χ2v) is 12.9. The number of aromatic nitrogens is 2. The Morgan fingerprint density at radius 1 is 0.878 bits per heavy atom. The number of amides is 3. The first-order chi connectivity index (χ1) is 23.7. The van der Waals surface area contributed by atoms with Gasteiger partial charge >= 0.3 is 12.1 Å². The maximum atomic E-state index is 13.8. The molecule has 1 aliphatic carbocycles. The van der Waals surface area contributed by atoms with Crippen LogP contribution in [0.25, 0.3) is 11.1 Å². The van der Waals surface area contributed by atoms with Crippen LogP contribution in [0.15, 0.2) is 91.3 Å². The molecule has 0 atom stereocenters. The molecule has 11 heteroatoms. The van der Waals surface area contributed by atoms with E-state index in [0.717, 1.165) is 53.9 Å². The van der Waals surface area contributed by atoms with E-state index in [-0.39, 0.29) is 24.7 Å². The highest BCUT2D eigenvalue weighted by Crippen LogP contribution is 2.31. The lowest BCUT2D eigenvalue weighted by Crippen LogP contribution is -2.48. The van der Waals surface area contributed by atoms with Crippen LogP contribution < -0.4 is 25.6 Å². The zero-order chi connectivity index (χ0) is 34.6. The lowest BCUT2D eigenvalue weighted by Gasteiger charge is -2.37. The second-order valence-electron chi connectivity index (χ2n) is 12.9. The molecular weight excluding hydrogens is 618 g/mol. The number of nitrogens with one attached hydrogen (secondary N) is 3. The third-order valence-corrected chi connectivity index (χ3v) is 8.05. The molecule has 3 N–H and O–H groups in total. The van der Waals surface area contributed by atoms with E-state index in [1.165, 1.54) is 0 Å². The molecule has 49 heavy (non-hydrogen) atoms. The summed E-state index contributed by atoms with van der Waals surface area (Å²) >= 11 is 0. The molecule has 4 aromatic rings. The number of alkyl carbamates (subject to hydrolysis) is 1. The van der Waals surface area contributed by atoms with E-state index in [9.17, 15) is 9.59 Å². The molecule has 1 aliphatic rings. The fraction of sp³-hybridized carbons (Fsp3) is 0.342. The zero-order valence-electron chi connectivity index (χ0n) is 28.2. The molecule has 0 aliphatic heterocycles. The SMILES string of the molecule is CC(C)(C)OC(=O)NCCOc1ccc(-c2ccc(N(C(=O)NCc3ccccc3)C3CCC(Nc4ccc(C#N)cn4)CC3)cc2)cn1. The lowest BCUT2D eigenvalue weighted by molar-refractivity contribution is 0.0519. The van der Waals surface area contributed by atoms with E-state index in [1.807, 2.05) is 92.4 Å². The summed E-state index contributed by atoms with van der Waals surface area (Å²) in [5.41, 5.74) is 3.70. The highest BCUT2D eigenvalue weighted by molar-refractivity contribution is 5.93. The number of carbonyl (C=O) groups is 2. The van der Waals surface area contributed by atoms with Gasteiger partial charge in [0.2, 0.25) is 5.88 Å². The van der Waals surface area contributed by atoms with Crippen molar-refractivity contribution in [1.82, 2.24) is 20.6 Å². The first-order valence-electron chi connectivity index (χ1n) is 16.6. The van der Waals surface area contributed by atoms with Gasteiger partial charge in [-0.2, -0.15) is 5.26 Å². The Balaban J connectivity index is 1.21. The van der Waals surface area contributed by atoms with Gasteiger partial charge in [-0.1, -0.05) is 42.5 Å². The molecule has 3 amide bonds. The van der Waals surface area contributed by atoms with Crippen molar-refractivity contribution >= 4 is 23.6 Å². The van der Waals surface area contributed by atoms with Crippen LogP contribution in [0, 0.1) is 11.3 Å². The third-order valence-electron chi connectivity index (χ3n) is 8.05. The predicted octanol–water partition coefficient (Wildman–Crippen LogP) is 7.06. The van der Waals surface area contributed by atoms with Gasteiger partial charge < -0.3 is 25.4 Å². The summed E-state index contributed by atoms with van der Waals surface area (Å²) in [5.74, 6) is 1.20. The molecule has 0 spiro atoms. The van der Waals surface area contributed by atoms with Gasteiger partial charge in [-0.3, -0.25) is 4.90 Å². The van der Waals surface area contributed by atoms with Crippen molar-refractivity contribution in [3.05, 3.63) is 102 Å². The average Bonchev–Trinajstić information content (AvgIpc) is 3.11. The quantitative estimate of drug-likeness (QED) is 0.145. The van der Waals surface area contributed by atoms with Crippen molar-refractivity contribution in [3.8, 4) is 23.1 Å². The Morgan fingerprint density at radius 2 is 1.61 bits per heavy atom. The Morgan fingerprint density at radius 3 is 2.24 bits per heavy atom. The molecule has 0 unspecified atom stereocenters. The van der Waals surface area contributed by atoms with Crippen LogP contribution >= 0.6 is 0 Å². The zero-order valence-corrected chi connectivity index (χ0v) is 28.2. The Bertz CT molecular complexity index is 1690. The minimum absolute atomic E-state index is 0.0245. The van der Waals surface area contributed by atoms with Gasteiger partial charge in [0.1, 0.15) is 24.1 Å². The molecule has 0 bridgehead atoms. The number of hydrogen-bond donors (Lipinski definition) is 3. The number of nitriles is 1. The summed E-state index contributed by atoms with van der Waals surface area (Å²) in [5, 5.41) is 18.3. The first kappa shape index (κ1) is 34.7. The molecule has 254 valence electrons. The molecule has 5 rings (SSSR count). The van der Waals surface area contributed by atoms with Gasteiger partial charge in [-0.25, -0.2) is 19.6 Å². The van der Waals surface area contributed by atoms with Crippen molar-refractivity contribution in [2.24, 2.45) is 0 Å². The van der Waals surface area contributed by atoms with Crippen molar-refractivity contribution in [1.29, 1.82) is 5.26 Å². The molecule has 11 nitrogen and oxygen atoms in total. The molecule has 1 saturated carbocycles. The predicted molar refractivity (Wildman–Crippen MR) is 189 cm³/mol. The second kappa shape index (κ2) is 16.5. The molecule has 0 radical (unpaired) electrons. The summed E-state index contributed by atoms with van der Waals surface area (Å²) in [6.07, 6.45) is 6.24. The Labute approximate surface area is 287 Å². The summed E-state index contributed by atoms with van der Waals surface area (Å²) in [6.45, 7) is 6.42. The van der Waals surface area contributed by atoms with E-state index < -0.39 is 11.7 Å². The van der Waals surface area contributed by atoms with Gasteiger partial charge in [0.25, 0.3) is 0 Å². The van der Waals surface area contributed by atoms with E-state index in [2.05, 4.69) is 32.0 Å². The molecule has 0 saturated heterocycles. The molecule has 2 aromatic heterocycles. The number of nitrogens with zero attached hydrogens (tertiary/aromatic N) is 4. The van der Waals surface area contributed by atoms with Gasteiger partial charge in [0, 0.05) is 48.3 Å². The third kappa shape index (κ3) is 10.4. The van der Waals surface area contributed by atoms with Gasteiger partial charge in [0.05, 0.1) is 12.1 Å². The van der Waals surface area contributed by atoms with Crippen LogP contribution in [0.2, 0.25) is 0 Å². The summed E-state index contributed by atoms with van der Waals surface area (Å²) in [6, 6.07) is 27.4. The van der Waals surface area contributed by atoms with Crippen LogP contribution in [0.4, 0.5) is 21.1 Å². The van der Waals surface area contributed by atoms with Crippen LogP contribution in [0.5, 0.6) is 5.88 Å². The normalized spacial score (nSPS) is 15.7. The Kier molecular flexibility index (Phi) is 11.7. The minimum atomic E-state index is -0.558.